The Morgan fingerprint density at radius 3 is 2.28 bits per heavy atom. The van der Waals surface area contributed by atoms with E-state index in [-0.39, 0.29) is 5.75 Å². The quantitative estimate of drug-likeness (QED) is 0.470. The maximum absolute atomic E-state index is 11.8. The molecule has 4 aromatic rings. The molecule has 0 atom stereocenters. The smallest absolute Gasteiger partial charge is 0.232 e. The van der Waals surface area contributed by atoms with Crippen LogP contribution >= 0.6 is 0 Å². The van der Waals surface area contributed by atoms with Crippen LogP contribution in [-0.4, -0.2) is 19.2 Å². The molecule has 1 N–H and O–H groups in total. The van der Waals surface area contributed by atoms with E-state index in [1.165, 1.54) is 0 Å². The fourth-order valence-corrected chi connectivity index (χ4v) is 3.94. The van der Waals surface area contributed by atoms with E-state index in [0.717, 1.165) is 38.9 Å². The van der Waals surface area contributed by atoms with Crippen LogP contribution in [-0.2, 0) is 10.0 Å². The van der Waals surface area contributed by atoms with Gasteiger partial charge >= 0.3 is 0 Å². The molecule has 1 heterocycles. The molecular weight excluding hydrogens is 380 g/mol. The molecule has 0 aliphatic carbocycles. The van der Waals surface area contributed by atoms with Crippen molar-refractivity contribution in [2.75, 3.05) is 10.5 Å². The number of nitrogens with one attached hydrogen (secondary N) is 1. The summed E-state index contributed by atoms with van der Waals surface area (Å²) in [6, 6.07) is 26.0. The molecule has 0 aliphatic heterocycles. The largest absolute Gasteiger partial charge is 0.284 e. The van der Waals surface area contributed by atoms with Gasteiger partial charge in [-0.05, 0) is 54.8 Å². The zero-order chi connectivity index (χ0) is 20.4. The first-order chi connectivity index (χ1) is 13.9. The van der Waals surface area contributed by atoms with Gasteiger partial charge in [0.15, 0.2) is 0 Å². The van der Waals surface area contributed by atoms with Crippen LogP contribution in [0, 0.1) is 6.92 Å². The number of hydrogen-bond acceptors (Lipinski definition) is 3. The van der Waals surface area contributed by atoms with Crippen LogP contribution in [0.4, 0.5) is 5.69 Å². The van der Waals surface area contributed by atoms with Crippen molar-refractivity contribution in [3.05, 3.63) is 84.4 Å². The summed E-state index contributed by atoms with van der Waals surface area (Å²) in [6.07, 6.45) is 0. The lowest BCUT2D eigenvalue weighted by molar-refractivity contribution is 0.602. The minimum absolute atomic E-state index is 0.0424. The second-order valence-electron chi connectivity index (χ2n) is 7.02. The number of sulfonamides is 1. The van der Waals surface area contributed by atoms with Gasteiger partial charge in [-0.3, -0.25) is 4.72 Å². The van der Waals surface area contributed by atoms with Gasteiger partial charge in [0.25, 0.3) is 0 Å². The number of nitrogens with zero attached hydrogens (tertiary/aromatic N) is 1. The molecule has 0 spiro atoms. The standard InChI is InChI=1S/C24H22N2O2S/c1-3-29(27,28)26-20-12-10-19(11-13-20)23-16-22(18-7-5-4-6-8-18)21-14-9-17(2)15-24(21)25-23/h4-16,26H,3H2,1-2H3. The van der Waals surface area contributed by atoms with Crippen LogP contribution < -0.4 is 4.72 Å². The topological polar surface area (TPSA) is 59.1 Å². The Kier molecular flexibility index (Phi) is 5.07. The predicted octanol–water partition coefficient (Wildman–Crippen LogP) is 5.64. The fourth-order valence-electron chi connectivity index (χ4n) is 3.30. The normalized spacial score (nSPS) is 11.5. The number of benzene rings is 3. The molecule has 0 aliphatic rings. The summed E-state index contributed by atoms with van der Waals surface area (Å²) in [7, 11) is -3.29. The fraction of sp³-hybridized carbons (Fsp3) is 0.125. The van der Waals surface area contributed by atoms with Gasteiger partial charge in [0.2, 0.25) is 10.0 Å². The molecule has 3 aromatic carbocycles. The van der Waals surface area contributed by atoms with Crippen molar-refractivity contribution < 1.29 is 8.42 Å². The summed E-state index contributed by atoms with van der Waals surface area (Å²) in [4.78, 5) is 4.87. The van der Waals surface area contributed by atoms with Crippen molar-refractivity contribution in [2.45, 2.75) is 13.8 Å². The molecule has 0 bridgehead atoms. The molecule has 146 valence electrons. The number of fused-ring (bicyclic) bond motifs is 1. The van der Waals surface area contributed by atoms with Crippen molar-refractivity contribution in [1.29, 1.82) is 0 Å². The number of rotatable bonds is 5. The molecule has 0 saturated carbocycles. The molecule has 1 aromatic heterocycles. The van der Waals surface area contributed by atoms with Crippen molar-refractivity contribution in [2.24, 2.45) is 0 Å². The minimum Gasteiger partial charge on any atom is -0.284 e. The molecule has 0 radical (unpaired) electrons. The zero-order valence-corrected chi connectivity index (χ0v) is 17.2. The first-order valence-electron chi connectivity index (χ1n) is 9.53. The van der Waals surface area contributed by atoms with Gasteiger partial charge in [-0.1, -0.05) is 54.6 Å². The van der Waals surface area contributed by atoms with Crippen LogP contribution in [0.1, 0.15) is 12.5 Å². The molecule has 0 unspecified atom stereocenters. The second kappa shape index (κ2) is 7.68. The van der Waals surface area contributed by atoms with Crippen LogP contribution in [0.5, 0.6) is 0 Å². The maximum atomic E-state index is 11.8. The van der Waals surface area contributed by atoms with Gasteiger partial charge in [-0.25, -0.2) is 13.4 Å². The van der Waals surface area contributed by atoms with Gasteiger partial charge < -0.3 is 0 Å². The van der Waals surface area contributed by atoms with Gasteiger partial charge in [0.05, 0.1) is 17.0 Å². The Morgan fingerprint density at radius 2 is 1.59 bits per heavy atom. The summed E-state index contributed by atoms with van der Waals surface area (Å²) >= 11 is 0. The van der Waals surface area contributed by atoms with Crippen molar-refractivity contribution >= 4 is 26.6 Å². The zero-order valence-electron chi connectivity index (χ0n) is 16.4. The average Bonchev–Trinajstić information content (AvgIpc) is 2.73. The third kappa shape index (κ3) is 4.15. The first-order valence-corrected chi connectivity index (χ1v) is 11.2. The molecule has 0 amide bonds. The van der Waals surface area contributed by atoms with E-state index in [9.17, 15) is 8.42 Å². The van der Waals surface area contributed by atoms with E-state index in [1.54, 1.807) is 19.1 Å². The van der Waals surface area contributed by atoms with E-state index < -0.39 is 10.0 Å². The highest BCUT2D eigenvalue weighted by molar-refractivity contribution is 7.92. The third-order valence-corrected chi connectivity index (χ3v) is 6.19. The Balaban J connectivity index is 1.82. The monoisotopic (exact) mass is 402 g/mol. The van der Waals surface area contributed by atoms with E-state index >= 15 is 0 Å². The van der Waals surface area contributed by atoms with Gasteiger partial charge in [-0.2, -0.15) is 0 Å². The second-order valence-corrected chi connectivity index (χ2v) is 9.04. The van der Waals surface area contributed by atoms with Crippen molar-refractivity contribution in [1.82, 2.24) is 4.98 Å². The number of anilines is 1. The highest BCUT2D eigenvalue weighted by Crippen LogP contribution is 2.32. The molecule has 4 nitrogen and oxygen atoms in total. The number of pyridine rings is 1. The minimum atomic E-state index is -3.29. The molecule has 29 heavy (non-hydrogen) atoms. The Morgan fingerprint density at radius 1 is 0.862 bits per heavy atom. The number of aryl methyl sites for hydroxylation is 1. The van der Waals surface area contributed by atoms with E-state index in [4.69, 9.17) is 4.98 Å². The lowest BCUT2D eigenvalue weighted by Gasteiger charge is -2.12. The molecule has 4 rings (SSSR count). The highest BCUT2D eigenvalue weighted by Gasteiger charge is 2.11. The van der Waals surface area contributed by atoms with Crippen LogP contribution in [0.25, 0.3) is 33.3 Å². The van der Waals surface area contributed by atoms with Crippen LogP contribution in [0.2, 0.25) is 0 Å². The lowest BCUT2D eigenvalue weighted by Crippen LogP contribution is -2.14. The summed E-state index contributed by atoms with van der Waals surface area (Å²) in [5.74, 6) is 0.0424. The van der Waals surface area contributed by atoms with Crippen LogP contribution in [0.3, 0.4) is 0 Å². The summed E-state index contributed by atoms with van der Waals surface area (Å²) < 4.78 is 26.1. The van der Waals surface area contributed by atoms with Gasteiger partial charge in [0.1, 0.15) is 0 Å². The molecule has 5 heteroatoms. The lowest BCUT2D eigenvalue weighted by atomic mass is 9.97. The SMILES string of the molecule is CCS(=O)(=O)Nc1ccc(-c2cc(-c3ccccc3)c3ccc(C)cc3n2)cc1. The Bertz CT molecular complexity index is 1270. The first kappa shape index (κ1) is 19.2. The Hall–Kier alpha value is -3.18. The molecular formula is C24H22N2O2S. The summed E-state index contributed by atoms with van der Waals surface area (Å²) in [5, 5.41) is 1.11. The molecule has 0 fully saturated rings. The van der Waals surface area contributed by atoms with Gasteiger partial charge in [0, 0.05) is 16.6 Å². The van der Waals surface area contributed by atoms with Crippen molar-refractivity contribution in [3.63, 3.8) is 0 Å². The summed E-state index contributed by atoms with van der Waals surface area (Å²) in [6.45, 7) is 3.67. The summed E-state index contributed by atoms with van der Waals surface area (Å²) in [5.41, 5.74) is 6.70. The number of aromatic nitrogens is 1. The van der Waals surface area contributed by atoms with Crippen LogP contribution in [0.15, 0.2) is 78.9 Å². The predicted molar refractivity (Wildman–Crippen MR) is 120 cm³/mol. The Labute approximate surface area is 171 Å². The molecule has 0 saturated heterocycles. The van der Waals surface area contributed by atoms with Gasteiger partial charge in [-0.15, -0.1) is 0 Å². The maximum Gasteiger partial charge on any atom is 0.232 e. The third-order valence-electron chi connectivity index (χ3n) is 4.88. The van der Waals surface area contributed by atoms with E-state index in [2.05, 4.69) is 48.0 Å². The number of hydrogen-bond donors (Lipinski definition) is 1. The van der Waals surface area contributed by atoms with E-state index in [1.807, 2.05) is 30.3 Å². The van der Waals surface area contributed by atoms with E-state index in [0.29, 0.717) is 5.69 Å². The highest BCUT2D eigenvalue weighted by atomic mass is 32.2. The van der Waals surface area contributed by atoms with Crippen molar-refractivity contribution in [3.8, 4) is 22.4 Å². The average molecular weight is 403 g/mol.